The molecule has 0 radical (unpaired) electrons. The highest BCUT2D eigenvalue weighted by atomic mass is 35.5. The molecule has 9 heteroatoms. The molecule has 0 heterocycles. The van der Waals surface area contributed by atoms with Crippen LogP contribution < -0.4 is 14.4 Å². The molecule has 6 nitrogen and oxygen atoms in total. The van der Waals surface area contributed by atoms with Gasteiger partial charge in [-0.3, -0.25) is 9.10 Å². The van der Waals surface area contributed by atoms with Crippen LogP contribution in [0.3, 0.4) is 0 Å². The van der Waals surface area contributed by atoms with Crippen LogP contribution in [0.4, 0.5) is 5.69 Å². The Kier molecular flexibility index (Phi) is 9.68. The van der Waals surface area contributed by atoms with E-state index in [2.05, 4.69) is 5.32 Å². The summed E-state index contributed by atoms with van der Waals surface area (Å²) in [5, 5.41) is 3.53. The molecule has 0 saturated heterocycles. The minimum absolute atomic E-state index is 0.308. The number of amides is 1. The molecule has 3 aromatic rings. The summed E-state index contributed by atoms with van der Waals surface area (Å²) in [5.74, 6) is 2.29. The van der Waals surface area contributed by atoms with E-state index in [1.54, 1.807) is 48.2 Å². The maximum absolute atomic E-state index is 12.6. The molecule has 0 saturated carbocycles. The second-order valence-electron chi connectivity index (χ2n) is 7.54. The lowest BCUT2D eigenvalue weighted by molar-refractivity contribution is -0.119. The summed E-state index contributed by atoms with van der Waals surface area (Å²) >= 11 is 7.66. The smallest absolute Gasteiger partial charge is 0.240 e. The molecule has 0 aliphatic heterocycles. The number of carbonyl (C=O) groups is 1. The highest BCUT2D eigenvalue weighted by Crippen LogP contribution is 2.33. The number of nitrogens with zero attached hydrogens (tertiary/aromatic N) is 1. The summed E-state index contributed by atoms with van der Waals surface area (Å²) in [7, 11) is -3.72. The summed E-state index contributed by atoms with van der Waals surface area (Å²) in [6.45, 7) is 0.137. The first-order valence-electron chi connectivity index (χ1n) is 10.7. The molecule has 0 unspecified atom stereocenters. The molecule has 0 spiro atoms. The fraction of sp³-hybridized carbons (Fsp3) is 0.240. The number of hydrogen-bond donors (Lipinski definition) is 1. The van der Waals surface area contributed by atoms with Crippen LogP contribution in [0, 0.1) is 0 Å². The zero-order chi connectivity index (χ0) is 24.4. The molecule has 0 bridgehead atoms. The van der Waals surface area contributed by atoms with Gasteiger partial charge in [0.05, 0.1) is 11.9 Å². The Bertz CT molecular complexity index is 1170. The molecule has 3 rings (SSSR count). The lowest BCUT2D eigenvalue weighted by Gasteiger charge is -2.24. The summed E-state index contributed by atoms with van der Waals surface area (Å²) < 4.78 is 32.0. The molecule has 34 heavy (non-hydrogen) atoms. The third-order valence-corrected chi connectivity index (χ3v) is 7.26. The van der Waals surface area contributed by atoms with Gasteiger partial charge in [0.15, 0.2) is 5.75 Å². The standard InChI is InChI=1S/C25H27ClN2O4S2/c1-34(30,31)28(23-10-5-6-11-24(23)32-22-8-3-2-4-9-22)18-25(29)27-16-7-17-33-19-20-12-14-21(26)15-13-20/h2-6,8-15H,7,16-19H2,1H3,(H,27,29). The highest BCUT2D eigenvalue weighted by Gasteiger charge is 2.24. The molecule has 180 valence electrons. The molecular formula is C25H27ClN2O4S2. The Morgan fingerprint density at radius 2 is 1.68 bits per heavy atom. The Balaban J connectivity index is 1.53. The Labute approximate surface area is 210 Å². The van der Waals surface area contributed by atoms with Crippen molar-refractivity contribution in [3.63, 3.8) is 0 Å². The van der Waals surface area contributed by atoms with Gasteiger partial charge < -0.3 is 10.1 Å². The molecule has 1 amide bonds. The van der Waals surface area contributed by atoms with Crippen LogP contribution >= 0.6 is 23.4 Å². The molecule has 0 aliphatic rings. The van der Waals surface area contributed by atoms with E-state index in [-0.39, 0.29) is 12.5 Å². The number of thioether (sulfide) groups is 1. The third-order valence-electron chi connectivity index (χ3n) is 4.76. The zero-order valence-electron chi connectivity index (χ0n) is 18.8. The molecule has 0 aliphatic carbocycles. The Hall–Kier alpha value is -2.68. The van der Waals surface area contributed by atoms with Crippen LogP contribution in [0.25, 0.3) is 0 Å². The van der Waals surface area contributed by atoms with Crippen LogP contribution in [-0.2, 0) is 20.6 Å². The number of anilines is 1. The summed E-state index contributed by atoms with van der Waals surface area (Å²) in [6, 6.07) is 23.6. The van der Waals surface area contributed by atoms with E-state index in [4.69, 9.17) is 16.3 Å². The van der Waals surface area contributed by atoms with E-state index in [0.29, 0.717) is 28.8 Å². The molecule has 1 N–H and O–H groups in total. The number of ether oxygens (including phenoxy) is 1. The van der Waals surface area contributed by atoms with Crippen molar-refractivity contribution in [2.75, 3.05) is 29.4 Å². The van der Waals surface area contributed by atoms with Crippen LogP contribution in [-0.4, -0.2) is 39.4 Å². The van der Waals surface area contributed by atoms with Crippen molar-refractivity contribution in [1.82, 2.24) is 5.32 Å². The second-order valence-corrected chi connectivity index (χ2v) is 11.0. The minimum atomic E-state index is -3.72. The zero-order valence-corrected chi connectivity index (χ0v) is 21.2. The van der Waals surface area contributed by atoms with Crippen LogP contribution in [0.5, 0.6) is 11.5 Å². The predicted molar refractivity (Wildman–Crippen MR) is 140 cm³/mol. The Morgan fingerprint density at radius 3 is 2.38 bits per heavy atom. The van der Waals surface area contributed by atoms with Gasteiger partial charge in [0.1, 0.15) is 12.3 Å². The maximum atomic E-state index is 12.6. The third kappa shape index (κ3) is 8.27. The van der Waals surface area contributed by atoms with Crippen molar-refractivity contribution in [2.45, 2.75) is 12.2 Å². The van der Waals surface area contributed by atoms with Gasteiger partial charge >= 0.3 is 0 Å². The number of carbonyl (C=O) groups excluding carboxylic acids is 1. The number of rotatable bonds is 12. The number of para-hydroxylation sites is 3. The number of hydrogen-bond acceptors (Lipinski definition) is 5. The Morgan fingerprint density at radius 1 is 1.00 bits per heavy atom. The number of halogens is 1. The van der Waals surface area contributed by atoms with E-state index in [0.717, 1.165) is 28.5 Å². The van der Waals surface area contributed by atoms with Gasteiger partial charge in [-0.05, 0) is 54.1 Å². The number of benzene rings is 3. The largest absolute Gasteiger partial charge is 0.455 e. The van der Waals surface area contributed by atoms with Gasteiger partial charge in [-0.25, -0.2) is 8.42 Å². The maximum Gasteiger partial charge on any atom is 0.240 e. The van der Waals surface area contributed by atoms with Gasteiger partial charge in [0, 0.05) is 17.3 Å². The van der Waals surface area contributed by atoms with Gasteiger partial charge in [0.2, 0.25) is 15.9 Å². The molecule has 3 aromatic carbocycles. The summed E-state index contributed by atoms with van der Waals surface area (Å²) in [6.07, 6.45) is 1.85. The van der Waals surface area contributed by atoms with Gasteiger partial charge in [-0.1, -0.05) is 54.1 Å². The predicted octanol–water partition coefficient (Wildman–Crippen LogP) is 5.34. The first-order chi connectivity index (χ1) is 16.3. The van der Waals surface area contributed by atoms with E-state index in [9.17, 15) is 13.2 Å². The molecular weight excluding hydrogens is 492 g/mol. The lowest BCUT2D eigenvalue weighted by Crippen LogP contribution is -2.40. The lowest BCUT2D eigenvalue weighted by atomic mass is 10.2. The molecule has 0 aromatic heterocycles. The number of nitrogens with one attached hydrogen (secondary N) is 1. The van der Waals surface area contributed by atoms with Crippen LogP contribution in [0.1, 0.15) is 12.0 Å². The number of sulfonamides is 1. The summed E-state index contributed by atoms with van der Waals surface area (Å²) in [4.78, 5) is 12.6. The van der Waals surface area contributed by atoms with E-state index >= 15 is 0 Å². The normalized spacial score (nSPS) is 11.1. The van der Waals surface area contributed by atoms with Crippen molar-refractivity contribution >= 4 is 45.0 Å². The van der Waals surface area contributed by atoms with Crippen molar-refractivity contribution in [2.24, 2.45) is 0 Å². The van der Waals surface area contributed by atoms with Crippen LogP contribution in [0.15, 0.2) is 78.9 Å². The van der Waals surface area contributed by atoms with E-state index < -0.39 is 10.0 Å². The van der Waals surface area contributed by atoms with Gasteiger partial charge in [-0.2, -0.15) is 11.8 Å². The SMILES string of the molecule is CS(=O)(=O)N(CC(=O)NCCCSCc1ccc(Cl)cc1)c1ccccc1Oc1ccccc1. The van der Waals surface area contributed by atoms with Crippen molar-refractivity contribution in [1.29, 1.82) is 0 Å². The van der Waals surface area contributed by atoms with Gasteiger partial charge in [-0.15, -0.1) is 0 Å². The van der Waals surface area contributed by atoms with Gasteiger partial charge in [0.25, 0.3) is 0 Å². The van der Waals surface area contributed by atoms with E-state index in [1.807, 2.05) is 42.5 Å². The average Bonchev–Trinajstić information content (AvgIpc) is 2.81. The summed E-state index contributed by atoms with van der Waals surface area (Å²) in [5.41, 5.74) is 1.50. The monoisotopic (exact) mass is 518 g/mol. The van der Waals surface area contributed by atoms with Crippen LogP contribution in [0.2, 0.25) is 5.02 Å². The van der Waals surface area contributed by atoms with Crippen molar-refractivity contribution in [3.05, 3.63) is 89.4 Å². The van der Waals surface area contributed by atoms with Crippen molar-refractivity contribution < 1.29 is 17.9 Å². The second kappa shape index (κ2) is 12.7. The molecule has 0 atom stereocenters. The molecule has 0 fully saturated rings. The minimum Gasteiger partial charge on any atom is -0.455 e. The topological polar surface area (TPSA) is 75.7 Å². The van der Waals surface area contributed by atoms with Crippen molar-refractivity contribution in [3.8, 4) is 11.5 Å². The quantitative estimate of drug-likeness (QED) is 0.328. The first-order valence-corrected chi connectivity index (χ1v) is 14.1. The fourth-order valence-corrected chi connectivity index (χ4v) is 5.01. The average molecular weight is 519 g/mol. The van der Waals surface area contributed by atoms with E-state index in [1.165, 1.54) is 5.56 Å². The highest BCUT2D eigenvalue weighted by molar-refractivity contribution is 7.98. The fourth-order valence-electron chi connectivity index (χ4n) is 3.11. The first kappa shape index (κ1) is 25.9.